The number of fused-ring (bicyclic) bond motifs is 1. The molecule has 1 aliphatic heterocycles. The van der Waals surface area contributed by atoms with Crippen molar-refractivity contribution in [3.05, 3.63) is 58.7 Å². The van der Waals surface area contributed by atoms with Crippen molar-refractivity contribution in [3.8, 4) is 17.2 Å². The van der Waals surface area contributed by atoms with Gasteiger partial charge in [0.15, 0.2) is 0 Å². The van der Waals surface area contributed by atoms with Gasteiger partial charge in [0.25, 0.3) is 0 Å². The van der Waals surface area contributed by atoms with Gasteiger partial charge < -0.3 is 9.47 Å². The fourth-order valence-electron chi connectivity index (χ4n) is 3.26. The fraction of sp³-hybridized carbons (Fsp3) is 0.318. The summed E-state index contributed by atoms with van der Waals surface area (Å²) in [6.07, 6.45) is -0.373. The van der Waals surface area contributed by atoms with Crippen molar-refractivity contribution < 1.29 is 19.1 Å². The van der Waals surface area contributed by atoms with Crippen LogP contribution in [0, 0.1) is 11.3 Å². The first-order valence-corrected chi connectivity index (χ1v) is 8.95. The second-order valence-corrected chi connectivity index (χ2v) is 7.64. The van der Waals surface area contributed by atoms with E-state index in [9.17, 15) is 9.59 Å². The number of nitrogens with zero attached hydrogens (tertiary/aromatic N) is 2. The van der Waals surface area contributed by atoms with Crippen molar-refractivity contribution >= 4 is 12.1 Å². The summed E-state index contributed by atoms with van der Waals surface area (Å²) in [6, 6.07) is 12.8. The third-order valence-corrected chi connectivity index (χ3v) is 4.48. The molecule has 0 aromatic heterocycles. The van der Waals surface area contributed by atoms with Crippen molar-refractivity contribution in [1.29, 1.82) is 5.26 Å². The molecule has 0 saturated carbocycles. The third kappa shape index (κ3) is 3.84. The zero-order chi connectivity index (χ0) is 20.5. The van der Waals surface area contributed by atoms with Crippen LogP contribution in [-0.2, 0) is 22.6 Å². The molecule has 0 unspecified atom stereocenters. The lowest BCUT2D eigenvalue weighted by Crippen LogP contribution is -2.33. The Morgan fingerprint density at radius 2 is 1.86 bits per heavy atom. The van der Waals surface area contributed by atoms with Crippen LogP contribution in [0.4, 0.5) is 4.79 Å². The maximum absolute atomic E-state index is 12.5. The van der Waals surface area contributed by atoms with Crippen LogP contribution < -0.4 is 0 Å². The smallest absolute Gasteiger partial charge is 0.410 e. The summed E-state index contributed by atoms with van der Waals surface area (Å²) in [5, 5.41) is 9.16. The molecule has 0 bridgehead atoms. The summed E-state index contributed by atoms with van der Waals surface area (Å²) in [7, 11) is 1.31. The van der Waals surface area contributed by atoms with Gasteiger partial charge in [0, 0.05) is 6.54 Å². The van der Waals surface area contributed by atoms with Crippen LogP contribution in [0.15, 0.2) is 36.4 Å². The summed E-state index contributed by atoms with van der Waals surface area (Å²) >= 11 is 0. The van der Waals surface area contributed by atoms with E-state index in [1.165, 1.54) is 13.2 Å². The van der Waals surface area contributed by atoms with E-state index in [0.717, 1.165) is 16.7 Å². The Kier molecular flexibility index (Phi) is 5.10. The molecule has 2 aromatic rings. The summed E-state index contributed by atoms with van der Waals surface area (Å²) in [5.41, 5.74) is 3.62. The highest BCUT2D eigenvalue weighted by Gasteiger charge is 2.30. The Morgan fingerprint density at radius 1 is 1.11 bits per heavy atom. The first-order chi connectivity index (χ1) is 13.2. The Bertz CT molecular complexity index is 983. The number of ether oxygens (including phenoxy) is 2. The molecule has 1 amide bonds. The molecule has 0 fully saturated rings. The fourth-order valence-corrected chi connectivity index (χ4v) is 3.26. The molecule has 1 aliphatic rings. The lowest BCUT2D eigenvalue weighted by molar-refractivity contribution is 0.0241. The number of hydrogen-bond acceptors (Lipinski definition) is 5. The Hall–Kier alpha value is -3.33. The molecule has 0 atom stereocenters. The number of esters is 1. The summed E-state index contributed by atoms with van der Waals surface area (Å²) in [6.45, 7) is 6.33. The van der Waals surface area contributed by atoms with Gasteiger partial charge in [0.05, 0.1) is 30.9 Å². The molecule has 6 heteroatoms. The molecule has 144 valence electrons. The minimum Gasteiger partial charge on any atom is -0.465 e. The van der Waals surface area contributed by atoms with Gasteiger partial charge in [-0.3, -0.25) is 4.90 Å². The van der Waals surface area contributed by atoms with Gasteiger partial charge in [-0.2, -0.15) is 5.26 Å². The standard InChI is InChI=1S/C22H22N2O4/c1-22(2,3)28-21(26)24-12-15-6-5-7-16(19(15)13-24)17-9-8-14(11-23)10-18(17)20(25)27-4/h5-10H,12-13H2,1-4H3. The van der Waals surface area contributed by atoms with Crippen LogP contribution in [0.5, 0.6) is 0 Å². The van der Waals surface area contributed by atoms with Gasteiger partial charge in [-0.1, -0.05) is 24.3 Å². The Balaban J connectivity index is 2.01. The van der Waals surface area contributed by atoms with E-state index >= 15 is 0 Å². The molecule has 0 spiro atoms. The van der Waals surface area contributed by atoms with Crippen LogP contribution >= 0.6 is 0 Å². The second-order valence-electron chi connectivity index (χ2n) is 7.64. The maximum Gasteiger partial charge on any atom is 0.410 e. The van der Waals surface area contributed by atoms with E-state index in [1.807, 2.05) is 45.0 Å². The van der Waals surface area contributed by atoms with Crippen LogP contribution in [-0.4, -0.2) is 29.7 Å². The number of methoxy groups -OCH3 is 1. The van der Waals surface area contributed by atoms with Gasteiger partial charge in [-0.05, 0) is 55.2 Å². The first-order valence-electron chi connectivity index (χ1n) is 8.95. The molecule has 0 radical (unpaired) electrons. The van der Waals surface area contributed by atoms with Crippen LogP contribution in [0.25, 0.3) is 11.1 Å². The van der Waals surface area contributed by atoms with Crippen molar-refractivity contribution in [3.63, 3.8) is 0 Å². The highest BCUT2D eigenvalue weighted by molar-refractivity contribution is 5.98. The van der Waals surface area contributed by atoms with Crippen molar-refractivity contribution in [2.24, 2.45) is 0 Å². The van der Waals surface area contributed by atoms with Crippen LogP contribution in [0.3, 0.4) is 0 Å². The molecular weight excluding hydrogens is 356 g/mol. The van der Waals surface area contributed by atoms with Gasteiger partial charge >= 0.3 is 12.1 Å². The second kappa shape index (κ2) is 7.35. The first kappa shape index (κ1) is 19.4. The number of hydrogen-bond donors (Lipinski definition) is 0. The zero-order valence-corrected chi connectivity index (χ0v) is 16.4. The highest BCUT2D eigenvalue weighted by Crippen LogP contribution is 2.35. The van der Waals surface area contributed by atoms with Gasteiger partial charge in [-0.15, -0.1) is 0 Å². The van der Waals surface area contributed by atoms with Gasteiger partial charge in [0.2, 0.25) is 0 Å². The van der Waals surface area contributed by atoms with E-state index in [2.05, 4.69) is 0 Å². The maximum atomic E-state index is 12.5. The van der Waals surface area contributed by atoms with E-state index in [4.69, 9.17) is 14.7 Å². The number of carbonyl (C=O) groups excluding carboxylic acids is 2. The highest BCUT2D eigenvalue weighted by atomic mass is 16.6. The van der Waals surface area contributed by atoms with E-state index in [1.54, 1.807) is 17.0 Å². The molecule has 0 aliphatic carbocycles. The van der Waals surface area contributed by atoms with Crippen molar-refractivity contribution in [1.82, 2.24) is 4.90 Å². The molecule has 0 N–H and O–H groups in total. The quantitative estimate of drug-likeness (QED) is 0.730. The van der Waals surface area contributed by atoms with Crippen molar-refractivity contribution in [2.45, 2.75) is 39.5 Å². The van der Waals surface area contributed by atoms with Crippen molar-refractivity contribution in [2.75, 3.05) is 7.11 Å². The minimum absolute atomic E-state index is 0.325. The normalized spacial score (nSPS) is 12.9. The predicted molar refractivity (Wildman–Crippen MR) is 103 cm³/mol. The minimum atomic E-state index is -0.570. The lowest BCUT2D eigenvalue weighted by atomic mass is 9.92. The average Bonchev–Trinajstić information content (AvgIpc) is 3.10. The topological polar surface area (TPSA) is 79.6 Å². The molecule has 28 heavy (non-hydrogen) atoms. The number of amides is 1. The van der Waals surface area contributed by atoms with E-state index in [-0.39, 0.29) is 6.09 Å². The van der Waals surface area contributed by atoms with E-state index in [0.29, 0.717) is 29.8 Å². The molecule has 3 rings (SSSR count). The largest absolute Gasteiger partial charge is 0.465 e. The van der Waals surface area contributed by atoms with Crippen LogP contribution in [0.2, 0.25) is 0 Å². The number of rotatable bonds is 2. The van der Waals surface area contributed by atoms with Crippen LogP contribution in [0.1, 0.15) is 47.8 Å². The predicted octanol–water partition coefficient (Wildman–Crippen LogP) is 4.26. The average molecular weight is 378 g/mol. The van der Waals surface area contributed by atoms with Gasteiger partial charge in [-0.25, -0.2) is 9.59 Å². The molecular formula is C22H22N2O4. The summed E-state index contributed by atoms with van der Waals surface area (Å²) in [4.78, 5) is 26.4. The molecule has 1 heterocycles. The molecule has 0 saturated heterocycles. The Morgan fingerprint density at radius 3 is 2.50 bits per heavy atom. The Labute approximate surface area is 164 Å². The lowest BCUT2D eigenvalue weighted by Gasteiger charge is -2.24. The number of carbonyl (C=O) groups is 2. The third-order valence-electron chi connectivity index (χ3n) is 4.48. The SMILES string of the molecule is COC(=O)c1cc(C#N)ccc1-c1cccc2c1CN(C(=O)OC(C)(C)C)C2. The number of nitriles is 1. The number of benzene rings is 2. The van der Waals surface area contributed by atoms with E-state index < -0.39 is 11.6 Å². The zero-order valence-electron chi connectivity index (χ0n) is 16.4. The molecule has 6 nitrogen and oxygen atoms in total. The van der Waals surface area contributed by atoms with Gasteiger partial charge in [0.1, 0.15) is 5.60 Å². The summed E-state index contributed by atoms with van der Waals surface area (Å²) < 4.78 is 10.4. The monoisotopic (exact) mass is 378 g/mol. The molecule has 2 aromatic carbocycles. The summed E-state index contributed by atoms with van der Waals surface area (Å²) in [5.74, 6) is -0.508.